The largest absolute Gasteiger partial charge is 0.272 e. The molecule has 1 saturated heterocycles. The van der Waals surface area contributed by atoms with Crippen LogP contribution in [0, 0.1) is 6.92 Å². The maximum Gasteiger partial charge on any atom is 0.256 e. The third-order valence-electron chi connectivity index (χ3n) is 2.73. The number of amides is 1. The molecule has 1 aromatic carbocycles. The van der Waals surface area contributed by atoms with Gasteiger partial charge in [-0.2, -0.15) is 0 Å². The number of rotatable bonds is 3. The molecule has 0 bridgehead atoms. The normalized spacial score (nSPS) is 15.9. The van der Waals surface area contributed by atoms with E-state index in [4.69, 9.17) is 4.84 Å². The molecule has 17 heavy (non-hydrogen) atoms. The maximum atomic E-state index is 11.9. The van der Waals surface area contributed by atoms with E-state index in [0.717, 1.165) is 24.3 Å². The third kappa shape index (κ3) is 3.48. The van der Waals surface area contributed by atoms with Crippen LogP contribution in [0.25, 0.3) is 0 Å². The lowest BCUT2D eigenvalue weighted by Crippen LogP contribution is -2.36. The lowest BCUT2D eigenvalue weighted by atomic mass is 10.2. The molecule has 0 N–H and O–H groups in total. The van der Waals surface area contributed by atoms with Gasteiger partial charge in [0.2, 0.25) is 0 Å². The second-order valence-corrected chi connectivity index (χ2v) is 5.11. The lowest BCUT2D eigenvalue weighted by Gasteiger charge is -2.25. The molecule has 2 rings (SSSR count). The van der Waals surface area contributed by atoms with Gasteiger partial charge in [-0.15, -0.1) is 11.8 Å². The molecule has 3 nitrogen and oxygen atoms in total. The minimum Gasteiger partial charge on any atom is -0.272 e. The van der Waals surface area contributed by atoms with Crippen LogP contribution in [0.15, 0.2) is 29.2 Å². The van der Waals surface area contributed by atoms with Gasteiger partial charge >= 0.3 is 0 Å². The Bertz CT molecular complexity index is 389. The first kappa shape index (κ1) is 12.5. The Morgan fingerprint density at radius 2 is 2.24 bits per heavy atom. The summed E-state index contributed by atoms with van der Waals surface area (Å²) in [7, 11) is 0. The molecule has 92 valence electrons. The summed E-state index contributed by atoms with van der Waals surface area (Å²) in [5, 5.41) is 1.51. The first-order valence-electron chi connectivity index (χ1n) is 5.89. The van der Waals surface area contributed by atoms with E-state index in [2.05, 4.69) is 13.0 Å². The van der Waals surface area contributed by atoms with Crippen molar-refractivity contribution in [3.05, 3.63) is 29.8 Å². The van der Waals surface area contributed by atoms with Crippen LogP contribution < -0.4 is 0 Å². The molecular weight excluding hydrogens is 234 g/mol. The predicted molar refractivity (Wildman–Crippen MR) is 68.8 cm³/mol. The smallest absolute Gasteiger partial charge is 0.256 e. The number of carbonyl (C=O) groups is 1. The monoisotopic (exact) mass is 251 g/mol. The van der Waals surface area contributed by atoms with E-state index >= 15 is 0 Å². The summed E-state index contributed by atoms with van der Waals surface area (Å²) in [4.78, 5) is 18.4. The Hall–Kier alpha value is -1.00. The molecule has 1 heterocycles. The number of hydrogen-bond donors (Lipinski definition) is 0. The van der Waals surface area contributed by atoms with Gasteiger partial charge in [0.05, 0.1) is 12.4 Å². The van der Waals surface area contributed by atoms with Gasteiger partial charge in [-0.05, 0) is 31.4 Å². The standard InChI is InChI=1S/C13H17NO2S/c1-11-6-2-3-7-12(11)17-10-13(15)14-8-4-5-9-16-14/h2-3,6-7H,4-5,8-10H2,1H3. The molecule has 1 aromatic rings. The Labute approximate surface area is 106 Å². The first-order valence-corrected chi connectivity index (χ1v) is 6.87. The Morgan fingerprint density at radius 3 is 2.94 bits per heavy atom. The Balaban J connectivity index is 1.85. The fourth-order valence-corrected chi connectivity index (χ4v) is 2.62. The quantitative estimate of drug-likeness (QED) is 0.773. The fourth-order valence-electron chi connectivity index (χ4n) is 1.72. The summed E-state index contributed by atoms with van der Waals surface area (Å²) >= 11 is 1.58. The molecular formula is C13H17NO2S. The van der Waals surface area contributed by atoms with Crippen LogP contribution in [-0.2, 0) is 9.63 Å². The Morgan fingerprint density at radius 1 is 1.41 bits per heavy atom. The second-order valence-electron chi connectivity index (χ2n) is 4.09. The topological polar surface area (TPSA) is 29.5 Å². The summed E-state index contributed by atoms with van der Waals surface area (Å²) in [5.74, 6) is 0.517. The van der Waals surface area contributed by atoms with E-state index in [1.165, 1.54) is 10.6 Å². The highest BCUT2D eigenvalue weighted by Gasteiger charge is 2.17. The van der Waals surface area contributed by atoms with E-state index in [1.54, 1.807) is 11.8 Å². The molecule has 1 amide bonds. The van der Waals surface area contributed by atoms with Crippen molar-refractivity contribution in [2.45, 2.75) is 24.7 Å². The van der Waals surface area contributed by atoms with Crippen molar-refractivity contribution in [2.24, 2.45) is 0 Å². The minimum absolute atomic E-state index is 0.0675. The molecule has 0 spiro atoms. The zero-order valence-corrected chi connectivity index (χ0v) is 10.8. The van der Waals surface area contributed by atoms with Gasteiger partial charge < -0.3 is 0 Å². The van der Waals surface area contributed by atoms with Crippen molar-refractivity contribution >= 4 is 17.7 Å². The molecule has 1 aliphatic heterocycles. The predicted octanol–water partition coefficient (Wildman–Crippen LogP) is 2.64. The summed E-state index contributed by atoms with van der Waals surface area (Å²) < 4.78 is 0. The van der Waals surface area contributed by atoms with Crippen LogP contribution >= 0.6 is 11.8 Å². The van der Waals surface area contributed by atoms with Crippen LogP contribution in [0.1, 0.15) is 18.4 Å². The number of aryl methyl sites for hydroxylation is 1. The van der Waals surface area contributed by atoms with Gasteiger partial charge in [-0.25, -0.2) is 5.06 Å². The number of thioether (sulfide) groups is 1. The van der Waals surface area contributed by atoms with Crippen LogP contribution in [0.5, 0.6) is 0 Å². The van der Waals surface area contributed by atoms with Crippen molar-refractivity contribution in [3.8, 4) is 0 Å². The van der Waals surface area contributed by atoms with E-state index in [9.17, 15) is 4.79 Å². The van der Waals surface area contributed by atoms with Gasteiger partial charge in [0.15, 0.2) is 0 Å². The van der Waals surface area contributed by atoms with Crippen molar-refractivity contribution in [3.63, 3.8) is 0 Å². The van der Waals surface area contributed by atoms with Gasteiger partial charge in [0.1, 0.15) is 0 Å². The summed E-state index contributed by atoms with van der Waals surface area (Å²) in [6.45, 7) is 3.46. The molecule has 1 aliphatic rings. The minimum atomic E-state index is 0.0675. The molecule has 0 aromatic heterocycles. The van der Waals surface area contributed by atoms with Crippen LogP contribution in [0.2, 0.25) is 0 Å². The van der Waals surface area contributed by atoms with Crippen LogP contribution in [0.4, 0.5) is 0 Å². The second kappa shape index (κ2) is 6.07. The van der Waals surface area contributed by atoms with E-state index in [0.29, 0.717) is 12.4 Å². The number of nitrogens with zero attached hydrogens (tertiary/aromatic N) is 1. The molecule has 0 unspecified atom stereocenters. The van der Waals surface area contributed by atoms with Gasteiger partial charge in [0.25, 0.3) is 5.91 Å². The molecule has 0 radical (unpaired) electrons. The number of hydroxylamine groups is 2. The van der Waals surface area contributed by atoms with Crippen LogP contribution in [-0.4, -0.2) is 29.9 Å². The number of benzene rings is 1. The van der Waals surface area contributed by atoms with Crippen molar-refractivity contribution in [1.82, 2.24) is 5.06 Å². The van der Waals surface area contributed by atoms with Crippen molar-refractivity contribution in [2.75, 3.05) is 18.9 Å². The lowest BCUT2D eigenvalue weighted by molar-refractivity contribution is -0.194. The summed E-state index contributed by atoms with van der Waals surface area (Å²) in [5.41, 5.74) is 1.21. The number of carbonyl (C=O) groups excluding carboxylic acids is 1. The summed E-state index contributed by atoms with van der Waals surface area (Å²) in [6.07, 6.45) is 2.09. The first-order chi connectivity index (χ1) is 8.27. The summed E-state index contributed by atoms with van der Waals surface area (Å²) in [6, 6.07) is 8.11. The zero-order chi connectivity index (χ0) is 12.1. The van der Waals surface area contributed by atoms with Crippen LogP contribution in [0.3, 0.4) is 0 Å². The Kier molecular flexibility index (Phi) is 4.45. The van der Waals surface area contributed by atoms with E-state index in [-0.39, 0.29) is 5.91 Å². The maximum absolute atomic E-state index is 11.9. The molecule has 0 atom stereocenters. The van der Waals surface area contributed by atoms with E-state index in [1.807, 2.05) is 18.2 Å². The third-order valence-corrected chi connectivity index (χ3v) is 3.89. The molecule has 1 fully saturated rings. The zero-order valence-electron chi connectivity index (χ0n) is 10.0. The highest BCUT2D eigenvalue weighted by Crippen LogP contribution is 2.22. The fraction of sp³-hybridized carbons (Fsp3) is 0.462. The highest BCUT2D eigenvalue weighted by atomic mass is 32.2. The van der Waals surface area contributed by atoms with Gasteiger partial charge in [0, 0.05) is 11.4 Å². The van der Waals surface area contributed by atoms with Gasteiger partial charge in [-0.1, -0.05) is 18.2 Å². The highest BCUT2D eigenvalue weighted by molar-refractivity contribution is 8.00. The van der Waals surface area contributed by atoms with Gasteiger partial charge in [-0.3, -0.25) is 9.63 Å². The molecule has 4 heteroatoms. The SMILES string of the molecule is Cc1ccccc1SCC(=O)N1CCCCO1. The molecule has 0 saturated carbocycles. The average Bonchev–Trinajstić information content (AvgIpc) is 2.38. The number of hydrogen-bond acceptors (Lipinski definition) is 3. The average molecular weight is 251 g/mol. The van der Waals surface area contributed by atoms with Crippen molar-refractivity contribution in [1.29, 1.82) is 0 Å². The van der Waals surface area contributed by atoms with E-state index < -0.39 is 0 Å². The molecule has 0 aliphatic carbocycles. The van der Waals surface area contributed by atoms with Crippen molar-refractivity contribution < 1.29 is 9.63 Å².